The van der Waals surface area contributed by atoms with Crippen molar-refractivity contribution in [3.8, 4) is 12.3 Å². The summed E-state index contributed by atoms with van der Waals surface area (Å²) in [4.78, 5) is 22.4. The Balaban J connectivity index is 3.55. The van der Waals surface area contributed by atoms with Crippen molar-refractivity contribution in [3.63, 3.8) is 0 Å². The van der Waals surface area contributed by atoms with Crippen molar-refractivity contribution in [3.05, 3.63) is 0 Å². The Morgan fingerprint density at radius 1 is 1.12 bits per heavy atom. The smallest absolute Gasteiger partial charge is 0.306 e. The predicted molar refractivity (Wildman–Crippen MR) is 64.1 cm³/mol. The molecule has 4 heteroatoms. The minimum Gasteiger partial charge on any atom is -0.460 e. The first-order chi connectivity index (χ1) is 7.85. The quantitative estimate of drug-likeness (QED) is 0.405. The Bertz CT molecular complexity index is 294. The molecule has 96 valence electrons. The van der Waals surface area contributed by atoms with Gasteiger partial charge in [-0.1, -0.05) is 5.92 Å². The van der Waals surface area contributed by atoms with Crippen molar-refractivity contribution in [1.82, 2.24) is 0 Å². The number of unbranched alkanes of at least 4 members (excludes halogenated alkanes) is 1. The molecule has 17 heavy (non-hydrogen) atoms. The summed E-state index contributed by atoms with van der Waals surface area (Å²) < 4.78 is 9.82. The van der Waals surface area contributed by atoms with Gasteiger partial charge in [0.1, 0.15) is 5.60 Å². The van der Waals surface area contributed by atoms with E-state index < -0.39 is 5.60 Å². The Morgan fingerprint density at radius 3 is 2.12 bits per heavy atom. The van der Waals surface area contributed by atoms with Gasteiger partial charge in [0.25, 0.3) is 0 Å². The molecule has 0 aliphatic rings. The van der Waals surface area contributed by atoms with Gasteiger partial charge in [-0.2, -0.15) is 0 Å². The first kappa shape index (κ1) is 15.5. The van der Waals surface area contributed by atoms with Crippen molar-refractivity contribution in [2.24, 2.45) is 0 Å². The van der Waals surface area contributed by atoms with E-state index in [-0.39, 0.29) is 25.0 Å². The first-order valence-corrected chi connectivity index (χ1v) is 5.66. The lowest BCUT2D eigenvalue weighted by atomic mass is 10.1. The summed E-state index contributed by atoms with van der Waals surface area (Å²) in [6.45, 7) is 5.47. The van der Waals surface area contributed by atoms with Gasteiger partial charge in [-0.15, -0.1) is 6.42 Å². The zero-order chi connectivity index (χ0) is 13.3. The molecule has 0 rings (SSSR count). The van der Waals surface area contributed by atoms with Gasteiger partial charge in [0.05, 0.1) is 0 Å². The molecule has 0 spiro atoms. The van der Waals surface area contributed by atoms with E-state index in [1.807, 2.05) is 20.8 Å². The van der Waals surface area contributed by atoms with E-state index in [0.717, 1.165) is 0 Å². The first-order valence-electron chi connectivity index (χ1n) is 5.66. The maximum atomic E-state index is 11.3. The number of carbonyl (C=O) groups is 2. The molecule has 0 atom stereocenters. The van der Waals surface area contributed by atoms with Crippen molar-refractivity contribution < 1.29 is 19.1 Å². The summed E-state index contributed by atoms with van der Waals surface area (Å²) in [5, 5.41) is 0. The van der Waals surface area contributed by atoms with E-state index in [9.17, 15) is 9.59 Å². The van der Waals surface area contributed by atoms with Crippen LogP contribution in [0.25, 0.3) is 0 Å². The number of terminal acetylenes is 1. The van der Waals surface area contributed by atoms with Crippen molar-refractivity contribution in [2.45, 2.75) is 52.1 Å². The fraction of sp³-hybridized carbons (Fsp3) is 0.692. The second kappa shape index (κ2) is 7.72. The van der Waals surface area contributed by atoms with Crippen molar-refractivity contribution in [2.75, 3.05) is 6.61 Å². The van der Waals surface area contributed by atoms with Crippen LogP contribution in [0.4, 0.5) is 0 Å². The minimum atomic E-state index is -0.456. The normalized spacial score (nSPS) is 10.5. The topological polar surface area (TPSA) is 52.6 Å². The highest BCUT2D eigenvalue weighted by Crippen LogP contribution is 2.10. The number of hydrogen-bond donors (Lipinski definition) is 0. The third-order valence-electron chi connectivity index (χ3n) is 1.75. The monoisotopic (exact) mass is 240 g/mol. The van der Waals surface area contributed by atoms with Crippen LogP contribution in [0.3, 0.4) is 0 Å². The molecule has 4 nitrogen and oxygen atoms in total. The lowest BCUT2D eigenvalue weighted by Crippen LogP contribution is -2.23. The van der Waals surface area contributed by atoms with E-state index in [4.69, 9.17) is 11.2 Å². The van der Waals surface area contributed by atoms with E-state index in [2.05, 4.69) is 10.7 Å². The zero-order valence-corrected chi connectivity index (χ0v) is 10.7. The van der Waals surface area contributed by atoms with E-state index >= 15 is 0 Å². The second-order valence-corrected chi connectivity index (χ2v) is 4.66. The predicted octanol–water partition coefficient (Wildman–Crippen LogP) is 2.06. The van der Waals surface area contributed by atoms with Crippen LogP contribution in [-0.4, -0.2) is 24.1 Å². The lowest BCUT2D eigenvalue weighted by molar-refractivity contribution is -0.155. The summed E-state index contributed by atoms with van der Waals surface area (Å²) in [6, 6.07) is 0. The van der Waals surface area contributed by atoms with Gasteiger partial charge in [0.15, 0.2) is 6.61 Å². The molecule has 0 aromatic rings. The molecule has 0 saturated carbocycles. The molecule has 0 saturated heterocycles. The largest absolute Gasteiger partial charge is 0.460 e. The molecule has 0 amide bonds. The summed E-state index contributed by atoms with van der Waals surface area (Å²) in [6.07, 6.45) is 6.75. The molecule has 0 aliphatic carbocycles. The van der Waals surface area contributed by atoms with Crippen LogP contribution in [0, 0.1) is 12.3 Å². The summed E-state index contributed by atoms with van der Waals surface area (Å²) in [7, 11) is 0. The van der Waals surface area contributed by atoms with Crippen LogP contribution in [-0.2, 0) is 19.1 Å². The summed E-state index contributed by atoms with van der Waals surface area (Å²) in [5.74, 6) is 1.65. The van der Waals surface area contributed by atoms with E-state index in [1.165, 1.54) is 0 Å². The Labute approximate surface area is 103 Å². The Morgan fingerprint density at radius 2 is 1.65 bits per heavy atom. The molecule has 0 aliphatic heterocycles. The number of rotatable bonds is 6. The maximum Gasteiger partial charge on any atom is 0.306 e. The van der Waals surface area contributed by atoms with Crippen LogP contribution in [0.2, 0.25) is 0 Å². The molecule has 0 fully saturated rings. The highest BCUT2D eigenvalue weighted by Gasteiger charge is 2.15. The average Bonchev–Trinajstić information content (AvgIpc) is 2.19. The number of ether oxygens (including phenoxy) is 2. The minimum absolute atomic E-state index is 0.00486. The molecule has 0 heterocycles. The van der Waals surface area contributed by atoms with Crippen LogP contribution in [0.1, 0.15) is 46.5 Å². The zero-order valence-electron chi connectivity index (χ0n) is 10.7. The Kier molecular flexibility index (Phi) is 7.04. The third kappa shape index (κ3) is 10.8. The molecular weight excluding hydrogens is 220 g/mol. The third-order valence-corrected chi connectivity index (χ3v) is 1.75. The van der Waals surface area contributed by atoms with Crippen molar-refractivity contribution in [1.29, 1.82) is 0 Å². The lowest BCUT2D eigenvalue weighted by Gasteiger charge is -2.19. The Hall–Kier alpha value is -1.50. The molecule has 0 unspecified atom stereocenters. The van der Waals surface area contributed by atoms with Crippen LogP contribution in [0.15, 0.2) is 0 Å². The number of carbonyl (C=O) groups excluding carboxylic acids is 2. The standard InChI is InChI=1S/C13H20O4/c1-5-10-16-11(14)8-6-7-9-12(15)17-13(2,3)4/h1H,6-10H2,2-4H3. The maximum absolute atomic E-state index is 11.3. The van der Waals surface area contributed by atoms with Gasteiger partial charge < -0.3 is 9.47 Å². The highest BCUT2D eigenvalue weighted by molar-refractivity contribution is 5.70. The molecule has 0 N–H and O–H groups in total. The second-order valence-electron chi connectivity index (χ2n) is 4.66. The van der Waals surface area contributed by atoms with Crippen LogP contribution in [0.5, 0.6) is 0 Å². The number of hydrogen-bond acceptors (Lipinski definition) is 4. The van der Waals surface area contributed by atoms with Crippen molar-refractivity contribution >= 4 is 11.9 Å². The van der Waals surface area contributed by atoms with Gasteiger partial charge in [0, 0.05) is 12.8 Å². The molecule has 0 bridgehead atoms. The van der Waals surface area contributed by atoms with Crippen LogP contribution < -0.4 is 0 Å². The fourth-order valence-electron chi connectivity index (χ4n) is 1.13. The van der Waals surface area contributed by atoms with Gasteiger partial charge >= 0.3 is 11.9 Å². The van der Waals surface area contributed by atoms with Gasteiger partial charge in [0.2, 0.25) is 0 Å². The molecule has 0 aromatic carbocycles. The highest BCUT2D eigenvalue weighted by atomic mass is 16.6. The van der Waals surface area contributed by atoms with E-state index in [0.29, 0.717) is 19.3 Å². The van der Waals surface area contributed by atoms with Gasteiger partial charge in [-0.05, 0) is 33.6 Å². The molecule has 0 aromatic heterocycles. The average molecular weight is 240 g/mol. The SMILES string of the molecule is C#CCOC(=O)CCCCC(=O)OC(C)(C)C. The van der Waals surface area contributed by atoms with Crippen LogP contribution >= 0.6 is 0 Å². The molecule has 0 radical (unpaired) electrons. The van der Waals surface area contributed by atoms with Gasteiger partial charge in [-0.3, -0.25) is 9.59 Å². The fourth-order valence-corrected chi connectivity index (χ4v) is 1.13. The molecular formula is C13H20O4. The van der Waals surface area contributed by atoms with E-state index in [1.54, 1.807) is 0 Å². The number of esters is 2. The summed E-state index contributed by atoms with van der Waals surface area (Å²) in [5.41, 5.74) is -0.456. The van der Waals surface area contributed by atoms with Gasteiger partial charge in [-0.25, -0.2) is 0 Å². The summed E-state index contributed by atoms with van der Waals surface area (Å²) >= 11 is 0.